The van der Waals surface area contributed by atoms with Gasteiger partial charge < -0.3 is 14.6 Å². The summed E-state index contributed by atoms with van der Waals surface area (Å²) in [7, 11) is 0. The van der Waals surface area contributed by atoms with Crippen LogP contribution in [0.5, 0.6) is 0 Å². The van der Waals surface area contributed by atoms with E-state index >= 15 is 0 Å². The molecular formula is C22H28N2O3S. The van der Waals surface area contributed by atoms with Gasteiger partial charge in [0.1, 0.15) is 11.1 Å². The van der Waals surface area contributed by atoms with Crippen LogP contribution in [0, 0.1) is 11.8 Å². The van der Waals surface area contributed by atoms with Crippen LogP contribution in [0.1, 0.15) is 54.8 Å². The fraction of sp³-hybridized carbons (Fsp3) is 0.455. The van der Waals surface area contributed by atoms with Gasteiger partial charge in [0.15, 0.2) is 0 Å². The van der Waals surface area contributed by atoms with E-state index in [0.717, 1.165) is 11.3 Å². The smallest absolute Gasteiger partial charge is 0.251 e. The van der Waals surface area contributed by atoms with Crippen molar-refractivity contribution in [3.8, 4) is 0 Å². The van der Waals surface area contributed by atoms with Crippen molar-refractivity contribution in [1.29, 1.82) is 0 Å². The molecule has 2 amide bonds. The Kier molecular flexibility index (Phi) is 6.50. The number of amides is 2. The molecule has 1 aliphatic heterocycles. The Morgan fingerprint density at radius 3 is 2.43 bits per heavy atom. The van der Waals surface area contributed by atoms with Crippen LogP contribution in [0.2, 0.25) is 0 Å². The normalized spacial score (nSPS) is 17.2. The molecule has 1 unspecified atom stereocenters. The molecule has 1 aromatic heterocycles. The molecule has 2 aromatic rings. The van der Waals surface area contributed by atoms with Crippen LogP contribution in [0.25, 0.3) is 0 Å². The summed E-state index contributed by atoms with van der Waals surface area (Å²) < 4.78 is 5.40. The summed E-state index contributed by atoms with van der Waals surface area (Å²) in [4.78, 5) is 26.8. The maximum absolute atomic E-state index is 12.6. The lowest BCUT2D eigenvalue weighted by molar-refractivity contribution is -0.128. The van der Waals surface area contributed by atoms with Gasteiger partial charge in [0.25, 0.3) is 5.91 Å². The van der Waals surface area contributed by atoms with Crippen molar-refractivity contribution in [2.24, 2.45) is 11.8 Å². The number of rotatable bonds is 7. The molecule has 0 radical (unpaired) electrons. The van der Waals surface area contributed by atoms with Crippen molar-refractivity contribution in [2.45, 2.75) is 45.7 Å². The van der Waals surface area contributed by atoms with Gasteiger partial charge in [0.2, 0.25) is 5.91 Å². The summed E-state index contributed by atoms with van der Waals surface area (Å²) in [5, 5.41) is 3.08. The Hall–Kier alpha value is -2.21. The van der Waals surface area contributed by atoms with Gasteiger partial charge in [0, 0.05) is 11.6 Å². The third-order valence-corrected chi connectivity index (χ3v) is 6.32. The lowest BCUT2D eigenvalue weighted by Crippen LogP contribution is -2.42. The van der Waals surface area contributed by atoms with Gasteiger partial charge in [0.05, 0.1) is 18.6 Å². The first-order chi connectivity index (χ1) is 13.4. The number of thioether (sulfide) groups is 1. The van der Waals surface area contributed by atoms with Crippen LogP contribution in [0.4, 0.5) is 0 Å². The molecule has 1 aliphatic rings. The highest BCUT2D eigenvalue weighted by molar-refractivity contribution is 8.00. The molecule has 1 N–H and O–H groups in total. The predicted molar refractivity (Wildman–Crippen MR) is 112 cm³/mol. The van der Waals surface area contributed by atoms with Gasteiger partial charge in [-0.3, -0.25) is 9.59 Å². The quantitative estimate of drug-likeness (QED) is 0.745. The summed E-state index contributed by atoms with van der Waals surface area (Å²) in [5.74, 6) is 2.02. The number of hydrogen-bond donors (Lipinski definition) is 1. The van der Waals surface area contributed by atoms with Crippen LogP contribution in [0.15, 0.2) is 47.1 Å². The highest BCUT2D eigenvalue weighted by atomic mass is 32.2. The highest BCUT2D eigenvalue weighted by Gasteiger charge is 2.33. The number of nitrogens with zero attached hydrogens (tertiary/aromatic N) is 1. The molecule has 1 fully saturated rings. The minimum atomic E-state index is -0.0613. The molecule has 5 nitrogen and oxygen atoms in total. The molecule has 0 saturated carbocycles. The van der Waals surface area contributed by atoms with Crippen molar-refractivity contribution < 1.29 is 14.0 Å². The van der Waals surface area contributed by atoms with Crippen molar-refractivity contribution in [3.05, 3.63) is 59.5 Å². The van der Waals surface area contributed by atoms with Gasteiger partial charge in [-0.05, 0) is 41.7 Å². The van der Waals surface area contributed by atoms with E-state index in [-0.39, 0.29) is 23.2 Å². The van der Waals surface area contributed by atoms with Crippen LogP contribution < -0.4 is 5.32 Å². The van der Waals surface area contributed by atoms with Gasteiger partial charge in [-0.2, -0.15) is 0 Å². The zero-order chi connectivity index (χ0) is 20.3. The van der Waals surface area contributed by atoms with Gasteiger partial charge in [-0.25, -0.2) is 0 Å². The molecule has 1 saturated heterocycles. The fourth-order valence-electron chi connectivity index (χ4n) is 3.61. The lowest BCUT2D eigenvalue weighted by Gasteiger charge is -2.26. The first kappa shape index (κ1) is 20.5. The zero-order valence-corrected chi connectivity index (χ0v) is 17.7. The average Bonchev–Trinajstić information content (AvgIpc) is 3.30. The zero-order valence-electron chi connectivity index (χ0n) is 16.8. The largest absolute Gasteiger partial charge is 0.467 e. The second-order valence-electron chi connectivity index (χ2n) is 7.87. The molecule has 0 bridgehead atoms. The Morgan fingerprint density at radius 2 is 1.86 bits per heavy atom. The second-order valence-corrected chi connectivity index (χ2v) is 8.94. The molecule has 6 heteroatoms. The summed E-state index contributed by atoms with van der Waals surface area (Å²) in [5.41, 5.74) is 1.66. The first-order valence-corrected chi connectivity index (χ1v) is 10.8. The van der Waals surface area contributed by atoms with Crippen molar-refractivity contribution in [3.63, 3.8) is 0 Å². The van der Waals surface area contributed by atoms with Crippen molar-refractivity contribution in [1.82, 2.24) is 10.2 Å². The minimum Gasteiger partial charge on any atom is -0.467 e. The number of nitrogens with one attached hydrogen (secondary N) is 1. The Bertz CT molecular complexity index is 792. The van der Waals surface area contributed by atoms with E-state index in [0.29, 0.717) is 29.7 Å². The van der Waals surface area contributed by atoms with E-state index < -0.39 is 0 Å². The Morgan fingerprint density at radius 1 is 1.18 bits per heavy atom. The first-order valence-electron chi connectivity index (χ1n) is 9.71. The van der Waals surface area contributed by atoms with Crippen LogP contribution >= 0.6 is 11.8 Å². The van der Waals surface area contributed by atoms with E-state index in [1.165, 1.54) is 0 Å². The number of hydrogen-bond acceptors (Lipinski definition) is 4. The topological polar surface area (TPSA) is 62.6 Å². The second kappa shape index (κ2) is 8.86. The number of furan rings is 1. The fourth-order valence-corrected chi connectivity index (χ4v) is 4.80. The molecule has 2 heterocycles. The molecule has 1 aromatic carbocycles. The van der Waals surface area contributed by atoms with Gasteiger partial charge in [-0.15, -0.1) is 11.8 Å². The van der Waals surface area contributed by atoms with E-state index in [4.69, 9.17) is 4.42 Å². The van der Waals surface area contributed by atoms with Gasteiger partial charge >= 0.3 is 0 Å². The van der Waals surface area contributed by atoms with E-state index in [1.807, 2.05) is 41.3 Å². The molecule has 150 valence electrons. The SMILES string of the molecule is CC(C)C(NC(=O)c1ccc(C2SCC(=O)N2Cc2ccco2)cc1)C(C)C. The maximum Gasteiger partial charge on any atom is 0.251 e. The number of carbonyl (C=O) groups is 2. The standard InChI is InChI=1S/C22H28N2O3S/c1-14(2)20(15(3)4)23-21(26)16-7-9-17(10-8-16)22-24(19(25)13-28-22)12-18-6-5-11-27-18/h5-11,14-15,20,22H,12-13H2,1-4H3,(H,23,26). The number of benzene rings is 1. The van der Waals surface area contributed by atoms with E-state index in [9.17, 15) is 9.59 Å². The molecule has 0 spiro atoms. The summed E-state index contributed by atoms with van der Waals surface area (Å²) in [6, 6.07) is 11.4. The van der Waals surface area contributed by atoms with Crippen LogP contribution in [-0.2, 0) is 11.3 Å². The lowest BCUT2D eigenvalue weighted by atomic mass is 9.93. The highest BCUT2D eigenvalue weighted by Crippen LogP contribution is 2.39. The third kappa shape index (κ3) is 4.61. The van der Waals surface area contributed by atoms with Gasteiger partial charge in [-0.1, -0.05) is 39.8 Å². The summed E-state index contributed by atoms with van der Waals surface area (Å²) >= 11 is 1.60. The van der Waals surface area contributed by atoms with E-state index in [2.05, 4.69) is 33.0 Å². The average molecular weight is 401 g/mol. The molecular weight excluding hydrogens is 372 g/mol. The monoisotopic (exact) mass is 400 g/mol. The number of carbonyl (C=O) groups excluding carboxylic acids is 2. The molecule has 0 aliphatic carbocycles. The van der Waals surface area contributed by atoms with Crippen molar-refractivity contribution in [2.75, 3.05) is 5.75 Å². The van der Waals surface area contributed by atoms with Crippen LogP contribution in [-0.4, -0.2) is 28.5 Å². The summed E-state index contributed by atoms with van der Waals surface area (Å²) in [6.45, 7) is 8.94. The molecule has 1 atom stereocenters. The van der Waals surface area contributed by atoms with Crippen LogP contribution in [0.3, 0.4) is 0 Å². The third-order valence-electron chi connectivity index (χ3n) is 5.07. The van der Waals surface area contributed by atoms with Crippen molar-refractivity contribution >= 4 is 23.6 Å². The maximum atomic E-state index is 12.6. The minimum absolute atomic E-state index is 0.0541. The van der Waals surface area contributed by atoms with E-state index in [1.54, 1.807) is 18.0 Å². The predicted octanol–water partition coefficient (Wildman–Crippen LogP) is 4.46. The Labute approximate surface area is 170 Å². The summed E-state index contributed by atoms with van der Waals surface area (Å²) in [6.07, 6.45) is 1.62. The Balaban J connectivity index is 1.71. The molecule has 28 heavy (non-hydrogen) atoms. The molecule has 3 rings (SSSR count).